The van der Waals surface area contributed by atoms with Gasteiger partial charge in [-0.2, -0.15) is 0 Å². The topological polar surface area (TPSA) is 38.7 Å². The Morgan fingerprint density at radius 2 is 2.14 bits per heavy atom. The monoisotopic (exact) mass is 280 g/mol. The molecule has 1 aliphatic heterocycles. The van der Waals surface area contributed by atoms with Crippen LogP contribution < -0.4 is 9.47 Å². The third-order valence-electron chi connectivity index (χ3n) is 3.71. The molecule has 0 aromatic heterocycles. The number of ether oxygens (including phenoxy) is 2. The van der Waals surface area contributed by atoms with Crippen LogP contribution in [0.15, 0.2) is 36.4 Å². The summed E-state index contributed by atoms with van der Waals surface area (Å²) >= 11 is 0. The van der Waals surface area contributed by atoms with Crippen LogP contribution in [0.4, 0.5) is 0 Å². The zero-order chi connectivity index (χ0) is 14.8. The first-order valence-corrected chi connectivity index (χ1v) is 6.81. The van der Waals surface area contributed by atoms with Gasteiger partial charge in [0.25, 0.3) is 0 Å². The number of rotatable bonds is 3. The summed E-state index contributed by atoms with van der Waals surface area (Å²) in [5, 5.41) is 10.0. The van der Waals surface area contributed by atoms with E-state index in [-0.39, 0.29) is 0 Å². The van der Waals surface area contributed by atoms with Gasteiger partial charge >= 0.3 is 0 Å². The number of aliphatic hydroxyl groups is 1. The van der Waals surface area contributed by atoms with E-state index in [2.05, 4.69) is 12.0 Å². The normalized spacial score (nSPS) is 14.0. The van der Waals surface area contributed by atoms with Crippen molar-refractivity contribution in [2.75, 3.05) is 13.7 Å². The molecule has 1 heterocycles. The second-order valence-electron chi connectivity index (χ2n) is 4.94. The molecule has 0 aliphatic carbocycles. The van der Waals surface area contributed by atoms with Gasteiger partial charge < -0.3 is 14.6 Å². The maximum Gasteiger partial charge on any atom is 0.140 e. The fraction of sp³-hybridized carbons (Fsp3) is 0.222. The second kappa shape index (κ2) is 5.51. The maximum atomic E-state index is 10.0. The maximum absolute atomic E-state index is 10.0. The van der Waals surface area contributed by atoms with E-state index in [4.69, 9.17) is 15.9 Å². The lowest BCUT2D eigenvalue weighted by Gasteiger charge is -2.14. The van der Waals surface area contributed by atoms with Gasteiger partial charge in [0, 0.05) is 12.0 Å². The van der Waals surface area contributed by atoms with E-state index in [1.54, 1.807) is 13.2 Å². The molecule has 0 spiro atoms. The number of benzene rings is 2. The Bertz CT molecular complexity index is 713. The van der Waals surface area contributed by atoms with Crippen LogP contribution in [0, 0.1) is 12.3 Å². The Morgan fingerprint density at radius 3 is 2.90 bits per heavy atom. The molecule has 1 unspecified atom stereocenters. The number of hydrogen-bond acceptors (Lipinski definition) is 3. The van der Waals surface area contributed by atoms with Crippen LogP contribution in [0.2, 0.25) is 0 Å². The molecule has 0 radical (unpaired) electrons. The Morgan fingerprint density at radius 1 is 1.29 bits per heavy atom. The lowest BCUT2D eigenvalue weighted by molar-refractivity contribution is 0.239. The fourth-order valence-corrected chi connectivity index (χ4v) is 2.59. The number of aliphatic hydroxyl groups excluding tert-OH is 1. The van der Waals surface area contributed by atoms with E-state index in [1.807, 2.05) is 24.3 Å². The molecule has 1 N–H and O–H groups in total. The number of terminal acetylenes is 1. The molecule has 0 fully saturated rings. The van der Waals surface area contributed by atoms with Crippen molar-refractivity contribution in [3.05, 3.63) is 47.5 Å². The van der Waals surface area contributed by atoms with Crippen LogP contribution in [-0.2, 0) is 6.42 Å². The van der Waals surface area contributed by atoms with Gasteiger partial charge in [-0.15, -0.1) is 6.42 Å². The van der Waals surface area contributed by atoms with Gasteiger partial charge in [0.1, 0.15) is 17.6 Å². The average molecular weight is 280 g/mol. The molecule has 0 saturated heterocycles. The highest BCUT2D eigenvalue weighted by molar-refractivity contribution is 5.72. The standard InChI is InChI=1S/C18H16O3/c1-3-17(19)15-6-5-14(20-2)11-16(15)12-4-7-18-13(10-12)8-9-21-18/h1,4-7,10-11,17,19H,8-9H2,2H3. The minimum Gasteiger partial charge on any atom is -0.497 e. The molecule has 2 aromatic rings. The van der Waals surface area contributed by atoms with Crippen LogP contribution in [0.5, 0.6) is 11.5 Å². The summed E-state index contributed by atoms with van der Waals surface area (Å²) in [4.78, 5) is 0. The molecule has 3 rings (SSSR count). The third kappa shape index (κ3) is 2.46. The highest BCUT2D eigenvalue weighted by Gasteiger charge is 2.16. The average Bonchev–Trinajstić information content (AvgIpc) is 3.01. The van der Waals surface area contributed by atoms with Crippen molar-refractivity contribution in [1.29, 1.82) is 0 Å². The molecule has 0 amide bonds. The molecular weight excluding hydrogens is 264 g/mol. The molecule has 1 atom stereocenters. The molecule has 2 aromatic carbocycles. The van der Waals surface area contributed by atoms with Gasteiger partial charge in [-0.1, -0.05) is 18.1 Å². The summed E-state index contributed by atoms with van der Waals surface area (Å²) in [5.41, 5.74) is 3.77. The zero-order valence-corrected chi connectivity index (χ0v) is 11.8. The van der Waals surface area contributed by atoms with Crippen LogP contribution in [0.25, 0.3) is 11.1 Å². The van der Waals surface area contributed by atoms with Gasteiger partial charge in [0.15, 0.2) is 0 Å². The van der Waals surface area contributed by atoms with E-state index in [0.717, 1.165) is 35.7 Å². The minimum atomic E-state index is -0.935. The van der Waals surface area contributed by atoms with Gasteiger partial charge in [0.2, 0.25) is 0 Å². The number of fused-ring (bicyclic) bond motifs is 1. The van der Waals surface area contributed by atoms with Crippen molar-refractivity contribution >= 4 is 0 Å². The first-order valence-electron chi connectivity index (χ1n) is 6.81. The third-order valence-corrected chi connectivity index (χ3v) is 3.71. The highest BCUT2D eigenvalue weighted by Crippen LogP contribution is 2.35. The van der Waals surface area contributed by atoms with Gasteiger partial charge in [-0.3, -0.25) is 0 Å². The van der Waals surface area contributed by atoms with Crippen molar-refractivity contribution in [3.8, 4) is 35.0 Å². The Balaban J connectivity index is 2.13. The number of hydrogen-bond donors (Lipinski definition) is 1. The minimum absolute atomic E-state index is 0.706. The van der Waals surface area contributed by atoms with E-state index < -0.39 is 6.10 Å². The molecule has 1 aliphatic rings. The Hall–Kier alpha value is -2.44. The number of methoxy groups -OCH3 is 1. The van der Waals surface area contributed by atoms with Gasteiger partial charge in [-0.05, 0) is 41.0 Å². The predicted octanol–water partition coefficient (Wildman–Crippen LogP) is 2.96. The molecule has 0 saturated carbocycles. The molecule has 21 heavy (non-hydrogen) atoms. The molecule has 0 bridgehead atoms. The summed E-state index contributed by atoms with van der Waals surface area (Å²) in [5.74, 6) is 4.03. The SMILES string of the molecule is C#CC(O)c1ccc(OC)cc1-c1ccc2c(c1)CCO2. The van der Waals surface area contributed by atoms with E-state index >= 15 is 0 Å². The first kappa shape index (κ1) is 13.5. The quantitative estimate of drug-likeness (QED) is 0.879. The van der Waals surface area contributed by atoms with Gasteiger partial charge in [-0.25, -0.2) is 0 Å². The van der Waals surface area contributed by atoms with Crippen LogP contribution in [0.3, 0.4) is 0 Å². The largest absolute Gasteiger partial charge is 0.497 e. The van der Waals surface area contributed by atoms with E-state index in [0.29, 0.717) is 5.56 Å². The first-order chi connectivity index (χ1) is 10.2. The summed E-state index contributed by atoms with van der Waals surface area (Å²) in [7, 11) is 1.62. The zero-order valence-electron chi connectivity index (χ0n) is 11.8. The predicted molar refractivity (Wildman–Crippen MR) is 81.4 cm³/mol. The van der Waals surface area contributed by atoms with E-state index in [1.165, 1.54) is 5.56 Å². The fourth-order valence-electron chi connectivity index (χ4n) is 2.59. The molecule has 3 heteroatoms. The summed E-state index contributed by atoms with van der Waals surface area (Å²) < 4.78 is 10.8. The lowest BCUT2D eigenvalue weighted by Crippen LogP contribution is -1.98. The summed E-state index contributed by atoms with van der Waals surface area (Å²) in [6, 6.07) is 11.5. The lowest BCUT2D eigenvalue weighted by atomic mass is 9.94. The van der Waals surface area contributed by atoms with Crippen molar-refractivity contribution < 1.29 is 14.6 Å². The molecule has 106 valence electrons. The van der Waals surface area contributed by atoms with Crippen molar-refractivity contribution in [3.63, 3.8) is 0 Å². The summed E-state index contributed by atoms with van der Waals surface area (Å²) in [6.07, 6.45) is 5.33. The van der Waals surface area contributed by atoms with Gasteiger partial charge in [0.05, 0.1) is 13.7 Å². The molecule has 3 nitrogen and oxygen atoms in total. The van der Waals surface area contributed by atoms with Crippen molar-refractivity contribution in [1.82, 2.24) is 0 Å². The van der Waals surface area contributed by atoms with Crippen LogP contribution >= 0.6 is 0 Å². The van der Waals surface area contributed by atoms with Crippen LogP contribution in [0.1, 0.15) is 17.2 Å². The molecular formula is C18H16O3. The van der Waals surface area contributed by atoms with Crippen molar-refractivity contribution in [2.45, 2.75) is 12.5 Å². The van der Waals surface area contributed by atoms with Crippen LogP contribution in [-0.4, -0.2) is 18.8 Å². The Labute approximate surface area is 124 Å². The second-order valence-corrected chi connectivity index (χ2v) is 4.94. The summed E-state index contributed by atoms with van der Waals surface area (Å²) in [6.45, 7) is 0.719. The van der Waals surface area contributed by atoms with E-state index in [9.17, 15) is 5.11 Å². The Kier molecular flexibility index (Phi) is 3.55. The van der Waals surface area contributed by atoms with Crippen molar-refractivity contribution in [2.24, 2.45) is 0 Å². The highest BCUT2D eigenvalue weighted by atomic mass is 16.5. The smallest absolute Gasteiger partial charge is 0.140 e.